The molecule has 0 aromatic heterocycles. The molecule has 138 valence electrons. The molecule has 2 fully saturated rings. The van der Waals surface area contributed by atoms with Gasteiger partial charge in [0.2, 0.25) is 0 Å². The van der Waals surface area contributed by atoms with Gasteiger partial charge in [-0.2, -0.15) is 0 Å². The van der Waals surface area contributed by atoms with Crippen LogP contribution in [0.1, 0.15) is 43.8 Å². The van der Waals surface area contributed by atoms with E-state index in [1.54, 1.807) is 0 Å². The van der Waals surface area contributed by atoms with Crippen molar-refractivity contribution in [1.82, 2.24) is 15.5 Å². The molecular weight excluding hydrogens is 321 g/mol. The van der Waals surface area contributed by atoms with Gasteiger partial charge < -0.3 is 20.6 Å². The zero-order chi connectivity index (χ0) is 17.6. The molecule has 1 aliphatic heterocycles. The summed E-state index contributed by atoms with van der Waals surface area (Å²) < 4.78 is 12.9. The number of likely N-dealkylation sites (tertiary alicyclic amines) is 1. The lowest BCUT2D eigenvalue weighted by Crippen LogP contribution is -2.44. The predicted molar refractivity (Wildman–Crippen MR) is 94.7 cm³/mol. The minimum Gasteiger partial charge on any atom is -0.387 e. The summed E-state index contributed by atoms with van der Waals surface area (Å²) in [6.45, 7) is 3.21. The Morgan fingerprint density at radius 2 is 1.96 bits per heavy atom. The van der Waals surface area contributed by atoms with Gasteiger partial charge in [0.1, 0.15) is 5.82 Å². The first-order valence-corrected chi connectivity index (χ1v) is 9.30. The Labute approximate surface area is 148 Å². The third-order valence-corrected chi connectivity index (χ3v) is 5.31. The Morgan fingerprint density at radius 1 is 1.24 bits per heavy atom. The van der Waals surface area contributed by atoms with Gasteiger partial charge in [-0.1, -0.05) is 25.0 Å². The largest absolute Gasteiger partial charge is 0.387 e. The summed E-state index contributed by atoms with van der Waals surface area (Å²) in [5, 5.41) is 15.7. The van der Waals surface area contributed by atoms with E-state index in [0.29, 0.717) is 5.56 Å². The average molecular weight is 349 g/mol. The van der Waals surface area contributed by atoms with Crippen LogP contribution in [0.5, 0.6) is 0 Å². The van der Waals surface area contributed by atoms with Crippen molar-refractivity contribution in [3.05, 3.63) is 35.6 Å². The van der Waals surface area contributed by atoms with Crippen LogP contribution in [0.3, 0.4) is 0 Å². The fraction of sp³-hybridized carbons (Fsp3) is 0.632. The summed E-state index contributed by atoms with van der Waals surface area (Å²) in [4.78, 5) is 14.5. The highest BCUT2D eigenvalue weighted by Gasteiger charge is 2.27. The minimum absolute atomic E-state index is 0.107. The molecule has 2 atom stereocenters. The van der Waals surface area contributed by atoms with Crippen LogP contribution in [0.4, 0.5) is 9.18 Å². The topological polar surface area (TPSA) is 64.6 Å². The van der Waals surface area contributed by atoms with Crippen LogP contribution >= 0.6 is 0 Å². The number of benzene rings is 1. The molecule has 25 heavy (non-hydrogen) atoms. The van der Waals surface area contributed by atoms with Gasteiger partial charge in [-0.3, -0.25) is 0 Å². The third-order valence-electron chi connectivity index (χ3n) is 5.31. The standard InChI is InChI=1S/C19H28FN3O2/c20-16-7-5-15(6-8-16)18(24)11-21-19(25)22-17-9-10-23(13-17)12-14-3-1-2-4-14/h5-8,14,17-18,24H,1-4,9-13H2,(H2,21,22,25). The normalized spacial score (nSPS) is 22.9. The zero-order valence-corrected chi connectivity index (χ0v) is 14.6. The van der Waals surface area contributed by atoms with Gasteiger partial charge in [-0.15, -0.1) is 0 Å². The van der Waals surface area contributed by atoms with E-state index in [-0.39, 0.29) is 24.4 Å². The third kappa shape index (κ3) is 5.41. The molecule has 0 bridgehead atoms. The number of hydrogen-bond acceptors (Lipinski definition) is 3. The number of rotatable bonds is 6. The summed E-state index contributed by atoms with van der Waals surface area (Å²) in [5.74, 6) is 0.489. The van der Waals surface area contributed by atoms with E-state index < -0.39 is 6.10 Å². The number of urea groups is 1. The first kappa shape index (κ1) is 18.1. The van der Waals surface area contributed by atoms with E-state index in [0.717, 1.165) is 32.0 Å². The first-order chi connectivity index (χ1) is 12.1. The molecule has 0 radical (unpaired) electrons. The maximum atomic E-state index is 12.9. The Morgan fingerprint density at radius 3 is 2.68 bits per heavy atom. The van der Waals surface area contributed by atoms with E-state index in [4.69, 9.17) is 0 Å². The summed E-state index contributed by atoms with van der Waals surface area (Å²) in [5.41, 5.74) is 0.588. The molecule has 3 rings (SSSR count). The molecule has 1 saturated carbocycles. The molecule has 1 aliphatic carbocycles. The van der Waals surface area contributed by atoms with Gasteiger partial charge in [-0.05, 0) is 42.9 Å². The number of aliphatic hydroxyl groups is 1. The lowest BCUT2D eigenvalue weighted by Gasteiger charge is -2.20. The second-order valence-electron chi connectivity index (χ2n) is 7.32. The van der Waals surface area contributed by atoms with Crippen molar-refractivity contribution in [2.24, 2.45) is 5.92 Å². The van der Waals surface area contributed by atoms with Crippen LogP contribution in [-0.2, 0) is 0 Å². The van der Waals surface area contributed by atoms with Gasteiger partial charge in [0.25, 0.3) is 0 Å². The second-order valence-corrected chi connectivity index (χ2v) is 7.32. The monoisotopic (exact) mass is 349 g/mol. The van der Waals surface area contributed by atoms with Crippen molar-refractivity contribution >= 4 is 6.03 Å². The number of aliphatic hydroxyl groups excluding tert-OH is 1. The van der Waals surface area contributed by atoms with Gasteiger partial charge in [-0.25, -0.2) is 9.18 Å². The maximum absolute atomic E-state index is 12.9. The molecule has 1 aromatic rings. The zero-order valence-electron chi connectivity index (χ0n) is 14.6. The minimum atomic E-state index is -0.839. The number of halogens is 1. The number of amides is 2. The lowest BCUT2D eigenvalue weighted by molar-refractivity contribution is 0.172. The van der Waals surface area contributed by atoms with E-state index >= 15 is 0 Å². The summed E-state index contributed by atoms with van der Waals surface area (Å²) in [6, 6.07) is 5.57. The molecule has 1 heterocycles. The second kappa shape index (κ2) is 8.63. The molecule has 2 amide bonds. The van der Waals surface area contributed by atoms with E-state index in [1.807, 2.05) is 0 Å². The van der Waals surface area contributed by atoms with Gasteiger partial charge in [0.15, 0.2) is 0 Å². The van der Waals surface area contributed by atoms with Gasteiger partial charge >= 0.3 is 6.03 Å². The molecule has 1 saturated heterocycles. The SMILES string of the molecule is O=C(NCC(O)c1ccc(F)cc1)NC1CCN(CC2CCCC2)C1. The number of nitrogens with zero attached hydrogens (tertiary/aromatic N) is 1. The average Bonchev–Trinajstić information content (AvgIpc) is 3.26. The molecule has 1 aromatic carbocycles. The van der Waals surface area contributed by atoms with Crippen molar-refractivity contribution in [1.29, 1.82) is 0 Å². The van der Waals surface area contributed by atoms with Crippen molar-refractivity contribution in [2.75, 3.05) is 26.2 Å². The summed E-state index contributed by atoms with van der Waals surface area (Å²) in [7, 11) is 0. The van der Waals surface area contributed by atoms with Crippen molar-refractivity contribution in [3.63, 3.8) is 0 Å². The molecule has 5 nitrogen and oxygen atoms in total. The first-order valence-electron chi connectivity index (χ1n) is 9.30. The van der Waals surface area contributed by atoms with Crippen molar-refractivity contribution < 1.29 is 14.3 Å². The molecule has 0 spiro atoms. The Balaban J connectivity index is 1.35. The number of carbonyl (C=O) groups is 1. The van der Waals surface area contributed by atoms with E-state index in [1.165, 1.54) is 49.9 Å². The highest BCUT2D eigenvalue weighted by Crippen LogP contribution is 2.26. The van der Waals surface area contributed by atoms with Crippen LogP contribution in [0, 0.1) is 11.7 Å². The predicted octanol–water partition coefficient (Wildman–Crippen LogP) is 2.42. The van der Waals surface area contributed by atoms with Crippen molar-refractivity contribution in [3.8, 4) is 0 Å². The van der Waals surface area contributed by atoms with Gasteiger partial charge in [0, 0.05) is 32.2 Å². The summed E-state index contributed by atoms with van der Waals surface area (Å²) >= 11 is 0. The smallest absolute Gasteiger partial charge is 0.315 e. The van der Waals surface area contributed by atoms with Crippen LogP contribution in [0.2, 0.25) is 0 Å². The molecule has 2 aliphatic rings. The van der Waals surface area contributed by atoms with Gasteiger partial charge in [0.05, 0.1) is 6.10 Å². The molecule has 2 unspecified atom stereocenters. The highest BCUT2D eigenvalue weighted by atomic mass is 19.1. The molecule has 6 heteroatoms. The highest BCUT2D eigenvalue weighted by molar-refractivity contribution is 5.74. The van der Waals surface area contributed by atoms with Crippen LogP contribution < -0.4 is 10.6 Å². The number of hydrogen-bond donors (Lipinski definition) is 3. The van der Waals surface area contributed by atoms with Crippen LogP contribution in [-0.4, -0.2) is 48.3 Å². The Bertz CT molecular complexity index is 560. The van der Waals surface area contributed by atoms with E-state index in [2.05, 4.69) is 15.5 Å². The fourth-order valence-corrected chi connectivity index (χ4v) is 3.90. The maximum Gasteiger partial charge on any atom is 0.315 e. The molecule has 3 N–H and O–H groups in total. The summed E-state index contributed by atoms with van der Waals surface area (Å²) in [6.07, 6.45) is 5.54. The van der Waals surface area contributed by atoms with Crippen LogP contribution in [0.25, 0.3) is 0 Å². The molecular formula is C19H28FN3O2. The lowest BCUT2D eigenvalue weighted by atomic mass is 10.1. The van der Waals surface area contributed by atoms with Crippen molar-refractivity contribution in [2.45, 2.75) is 44.2 Å². The quantitative estimate of drug-likeness (QED) is 0.739. The van der Waals surface area contributed by atoms with Crippen LogP contribution in [0.15, 0.2) is 24.3 Å². The number of carbonyl (C=O) groups excluding carboxylic acids is 1. The fourth-order valence-electron chi connectivity index (χ4n) is 3.90. The van der Waals surface area contributed by atoms with E-state index in [9.17, 15) is 14.3 Å². The Hall–Kier alpha value is -1.66. The number of nitrogens with one attached hydrogen (secondary N) is 2. The Kier molecular flexibility index (Phi) is 6.26.